The molecule has 0 aliphatic heterocycles. The fourth-order valence-corrected chi connectivity index (χ4v) is 1.07. The minimum Gasteiger partial charge on any atom is -0.256 e. The summed E-state index contributed by atoms with van der Waals surface area (Å²) in [6.07, 6.45) is 4.48. The number of hydrogen-bond donors (Lipinski definition) is 0. The topological polar surface area (TPSA) is 12.9 Å². The maximum atomic E-state index is 4.19. The summed E-state index contributed by atoms with van der Waals surface area (Å²) in [5.41, 5.74) is 3.14. The van der Waals surface area contributed by atoms with Crippen LogP contribution in [0.25, 0.3) is 11.6 Å². The van der Waals surface area contributed by atoms with Crippen molar-refractivity contribution in [3.05, 3.63) is 42.7 Å². The molecule has 0 fully saturated rings. The molecule has 62 valence electrons. The Kier molecular flexibility index (Phi) is 2.81. The quantitative estimate of drug-likeness (QED) is 0.660. The van der Waals surface area contributed by atoms with Gasteiger partial charge in [-0.05, 0) is 24.1 Å². The molecule has 0 aliphatic carbocycles. The van der Waals surface area contributed by atoms with E-state index in [2.05, 4.69) is 25.1 Å². The Morgan fingerprint density at radius 1 is 1.67 bits per heavy atom. The van der Waals surface area contributed by atoms with Gasteiger partial charge in [0.2, 0.25) is 0 Å². The smallest absolute Gasteiger partial charge is 0.0698 e. The van der Waals surface area contributed by atoms with Crippen molar-refractivity contribution in [2.45, 2.75) is 13.3 Å². The average Bonchev–Trinajstić information content (AvgIpc) is 2.16. The highest BCUT2D eigenvalue weighted by Gasteiger charge is 2.00. The predicted molar refractivity (Wildman–Crippen MR) is 53.7 cm³/mol. The molecule has 0 amide bonds. The second-order valence-electron chi connectivity index (χ2n) is 2.60. The van der Waals surface area contributed by atoms with Crippen molar-refractivity contribution in [1.82, 2.24) is 4.98 Å². The Labute approximate surface area is 73.5 Å². The van der Waals surface area contributed by atoms with E-state index in [1.165, 1.54) is 0 Å². The van der Waals surface area contributed by atoms with Crippen molar-refractivity contribution in [1.29, 1.82) is 0 Å². The lowest BCUT2D eigenvalue weighted by Crippen LogP contribution is -1.89. The first-order valence-corrected chi connectivity index (χ1v) is 4.05. The third-order valence-corrected chi connectivity index (χ3v) is 1.84. The lowest BCUT2D eigenvalue weighted by Gasteiger charge is -2.04. The highest BCUT2D eigenvalue weighted by atomic mass is 14.7. The van der Waals surface area contributed by atoms with Gasteiger partial charge in [-0.15, -0.1) is 0 Å². The van der Waals surface area contributed by atoms with Crippen LogP contribution in [0, 0.1) is 0 Å². The van der Waals surface area contributed by atoms with Crippen LogP contribution in [0.2, 0.25) is 0 Å². The van der Waals surface area contributed by atoms with Crippen molar-refractivity contribution < 1.29 is 0 Å². The van der Waals surface area contributed by atoms with Crippen molar-refractivity contribution >= 4 is 11.6 Å². The molecule has 1 aromatic heterocycles. The van der Waals surface area contributed by atoms with Crippen LogP contribution in [0.3, 0.4) is 0 Å². The first kappa shape index (κ1) is 8.72. The lowest BCUT2D eigenvalue weighted by molar-refractivity contribution is 1.21. The van der Waals surface area contributed by atoms with E-state index >= 15 is 0 Å². The van der Waals surface area contributed by atoms with E-state index < -0.39 is 0 Å². The molecule has 0 aliphatic rings. The molecule has 0 aromatic carbocycles. The Morgan fingerprint density at radius 3 is 3.00 bits per heavy atom. The van der Waals surface area contributed by atoms with Gasteiger partial charge in [-0.25, -0.2) is 0 Å². The minimum absolute atomic E-state index is 0.921. The normalized spacial score (nSPS) is 9.42. The number of aromatic nitrogens is 1. The summed E-state index contributed by atoms with van der Waals surface area (Å²) in [5.74, 6) is 0. The van der Waals surface area contributed by atoms with Crippen molar-refractivity contribution in [3.8, 4) is 0 Å². The van der Waals surface area contributed by atoms with Crippen molar-refractivity contribution in [3.63, 3.8) is 0 Å². The van der Waals surface area contributed by atoms with Crippen molar-refractivity contribution in [2.75, 3.05) is 0 Å². The number of nitrogens with zero attached hydrogens (tertiary/aromatic N) is 1. The SMILES string of the molecule is C=Cc1ncccc1C(=C)CC. The van der Waals surface area contributed by atoms with Gasteiger partial charge in [0.25, 0.3) is 0 Å². The Bertz CT molecular complexity index is 300. The van der Waals surface area contributed by atoms with Crippen molar-refractivity contribution in [2.24, 2.45) is 0 Å². The summed E-state index contributed by atoms with van der Waals surface area (Å²) in [4.78, 5) is 4.19. The molecule has 12 heavy (non-hydrogen) atoms. The van der Waals surface area contributed by atoms with E-state index in [1.54, 1.807) is 12.3 Å². The largest absolute Gasteiger partial charge is 0.256 e. The van der Waals surface area contributed by atoms with Gasteiger partial charge in [-0.1, -0.05) is 26.1 Å². The summed E-state index contributed by atoms with van der Waals surface area (Å²) >= 11 is 0. The highest BCUT2D eigenvalue weighted by molar-refractivity contribution is 5.70. The molecule has 0 radical (unpaired) electrons. The molecule has 1 aromatic rings. The van der Waals surface area contributed by atoms with E-state index in [0.29, 0.717) is 0 Å². The van der Waals surface area contributed by atoms with E-state index in [9.17, 15) is 0 Å². The molecular formula is C11H13N. The Hall–Kier alpha value is -1.37. The zero-order valence-corrected chi connectivity index (χ0v) is 7.38. The van der Waals surface area contributed by atoms with Gasteiger partial charge in [-0.3, -0.25) is 4.98 Å². The molecule has 1 rings (SSSR count). The van der Waals surface area contributed by atoms with Crippen LogP contribution in [-0.4, -0.2) is 4.98 Å². The van der Waals surface area contributed by atoms with Gasteiger partial charge >= 0.3 is 0 Å². The van der Waals surface area contributed by atoms with E-state index in [4.69, 9.17) is 0 Å². The molecule has 1 nitrogen and oxygen atoms in total. The maximum absolute atomic E-state index is 4.19. The zero-order valence-electron chi connectivity index (χ0n) is 7.38. The minimum atomic E-state index is 0.921. The van der Waals surface area contributed by atoms with Crippen LogP contribution in [0.15, 0.2) is 31.5 Å². The fourth-order valence-electron chi connectivity index (χ4n) is 1.07. The third-order valence-electron chi connectivity index (χ3n) is 1.84. The van der Waals surface area contributed by atoms with Gasteiger partial charge in [-0.2, -0.15) is 0 Å². The number of allylic oxidation sites excluding steroid dienone is 1. The molecule has 0 atom stereocenters. The molecule has 1 heterocycles. The van der Waals surface area contributed by atoms with Crippen LogP contribution in [0.4, 0.5) is 0 Å². The summed E-state index contributed by atoms with van der Waals surface area (Å²) < 4.78 is 0. The third kappa shape index (κ3) is 1.62. The predicted octanol–water partition coefficient (Wildman–Crippen LogP) is 3.15. The van der Waals surface area contributed by atoms with Gasteiger partial charge in [0.15, 0.2) is 0 Å². The number of rotatable bonds is 3. The molecule has 0 saturated carbocycles. The monoisotopic (exact) mass is 159 g/mol. The molecule has 0 saturated heterocycles. The molecule has 0 unspecified atom stereocenters. The standard InChI is InChI=1S/C11H13N/c1-4-9(3)10-7-6-8-12-11(10)5-2/h5-8H,2-4H2,1H3. The van der Waals surface area contributed by atoms with Crippen LogP contribution >= 0.6 is 0 Å². The maximum Gasteiger partial charge on any atom is 0.0698 e. The molecule has 1 heteroatoms. The van der Waals surface area contributed by atoms with Crippen LogP contribution in [-0.2, 0) is 0 Å². The molecule has 0 bridgehead atoms. The summed E-state index contributed by atoms with van der Waals surface area (Å²) in [6.45, 7) is 9.75. The first-order valence-electron chi connectivity index (χ1n) is 4.05. The van der Waals surface area contributed by atoms with Crippen LogP contribution in [0.1, 0.15) is 24.6 Å². The summed E-state index contributed by atoms with van der Waals surface area (Å²) in [7, 11) is 0. The molecular weight excluding hydrogens is 146 g/mol. The second kappa shape index (κ2) is 3.86. The second-order valence-corrected chi connectivity index (χ2v) is 2.60. The first-order chi connectivity index (χ1) is 5.79. The fraction of sp³-hybridized carbons (Fsp3) is 0.182. The van der Waals surface area contributed by atoms with Gasteiger partial charge in [0, 0.05) is 11.8 Å². The van der Waals surface area contributed by atoms with E-state index in [-0.39, 0.29) is 0 Å². The van der Waals surface area contributed by atoms with Gasteiger partial charge < -0.3 is 0 Å². The van der Waals surface area contributed by atoms with E-state index in [1.807, 2.05) is 12.1 Å². The Balaban J connectivity index is 3.13. The molecule has 0 spiro atoms. The van der Waals surface area contributed by atoms with Gasteiger partial charge in [0.05, 0.1) is 5.69 Å². The summed E-state index contributed by atoms with van der Waals surface area (Å²) in [6, 6.07) is 3.94. The molecule has 0 N–H and O–H groups in total. The van der Waals surface area contributed by atoms with Gasteiger partial charge in [0.1, 0.15) is 0 Å². The zero-order chi connectivity index (χ0) is 8.97. The highest BCUT2D eigenvalue weighted by Crippen LogP contribution is 2.18. The van der Waals surface area contributed by atoms with E-state index in [0.717, 1.165) is 23.3 Å². The number of hydrogen-bond acceptors (Lipinski definition) is 1. The van der Waals surface area contributed by atoms with Crippen LogP contribution < -0.4 is 0 Å². The Morgan fingerprint density at radius 2 is 2.42 bits per heavy atom. The lowest BCUT2D eigenvalue weighted by atomic mass is 10.0. The number of pyridine rings is 1. The van der Waals surface area contributed by atoms with Crippen LogP contribution in [0.5, 0.6) is 0 Å². The summed E-state index contributed by atoms with van der Waals surface area (Å²) in [5, 5.41) is 0. The average molecular weight is 159 g/mol.